The fraction of sp³-hybridized carbons (Fsp3) is 0.321. The molecule has 214 valence electrons. The number of hydrogen-bond donors (Lipinski definition) is 0. The first-order valence-electron chi connectivity index (χ1n) is 12.9. The van der Waals surface area contributed by atoms with Crippen LogP contribution in [0.4, 0.5) is 0 Å². The van der Waals surface area contributed by atoms with Crippen LogP contribution in [0.3, 0.4) is 0 Å². The van der Waals surface area contributed by atoms with Crippen molar-refractivity contribution in [3.8, 4) is 0 Å². The second-order valence-electron chi connectivity index (χ2n) is 9.41. The van der Waals surface area contributed by atoms with Crippen molar-refractivity contribution in [2.45, 2.75) is 36.2 Å². The zero-order chi connectivity index (χ0) is 28.8. The van der Waals surface area contributed by atoms with Crippen LogP contribution in [0.15, 0.2) is 99.5 Å². The highest BCUT2D eigenvalue weighted by Gasteiger charge is 2.19. The molecule has 10 nitrogen and oxygen atoms in total. The summed E-state index contributed by atoms with van der Waals surface area (Å²) >= 11 is 0. The number of aromatic nitrogens is 2. The minimum Gasteiger partial charge on any atom is -0.297 e. The van der Waals surface area contributed by atoms with Gasteiger partial charge in [-0.3, -0.25) is 22.4 Å². The van der Waals surface area contributed by atoms with Crippen LogP contribution in [-0.4, -0.2) is 63.7 Å². The molecule has 0 aliphatic carbocycles. The minimum absolute atomic E-state index is 0.0389. The first-order chi connectivity index (χ1) is 19.1. The summed E-state index contributed by atoms with van der Waals surface area (Å²) in [7, 11) is -7.91. The van der Waals surface area contributed by atoms with Gasteiger partial charge in [0.2, 0.25) is 0 Å². The molecule has 4 aromatic rings. The highest BCUT2D eigenvalue weighted by Crippen LogP contribution is 2.17. The molecule has 12 heteroatoms. The van der Waals surface area contributed by atoms with Gasteiger partial charge in [-0.1, -0.05) is 48.5 Å². The van der Waals surface area contributed by atoms with E-state index in [9.17, 15) is 21.6 Å². The van der Waals surface area contributed by atoms with Gasteiger partial charge in [0.1, 0.15) is 0 Å². The molecule has 1 heterocycles. The second kappa shape index (κ2) is 12.9. The highest BCUT2D eigenvalue weighted by atomic mass is 32.2. The maximum atomic E-state index is 13.2. The molecule has 0 N–H and O–H groups in total. The van der Waals surface area contributed by atoms with Crippen molar-refractivity contribution < 1.29 is 25.2 Å². The van der Waals surface area contributed by atoms with Crippen molar-refractivity contribution in [2.24, 2.45) is 0 Å². The molecule has 0 atom stereocenters. The number of para-hydroxylation sites is 2. The van der Waals surface area contributed by atoms with Crippen molar-refractivity contribution in [2.75, 3.05) is 32.8 Å². The van der Waals surface area contributed by atoms with E-state index < -0.39 is 20.2 Å². The largest absolute Gasteiger partial charge is 0.329 e. The Morgan fingerprint density at radius 2 is 1.12 bits per heavy atom. The molecule has 0 spiro atoms. The van der Waals surface area contributed by atoms with Gasteiger partial charge >= 0.3 is 5.69 Å². The lowest BCUT2D eigenvalue weighted by Gasteiger charge is -2.22. The fourth-order valence-corrected chi connectivity index (χ4v) is 6.23. The van der Waals surface area contributed by atoms with Crippen LogP contribution < -0.4 is 5.69 Å². The van der Waals surface area contributed by atoms with E-state index in [0.717, 1.165) is 11.0 Å². The summed E-state index contributed by atoms with van der Waals surface area (Å²) in [6.45, 7) is 4.53. The van der Waals surface area contributed by atoms with E-state index in [1.54, 1.807) is 45.5 Å². The van der Waals surface area contributed by atoms with Crippen molar-refractivity contribution >= 4 is 31.3 Å². The molecule has 0 bridgehead atoms. The maximum Gasteiger partial charge on any atom is 0.329 e. The molecule has 0 aliphatic heterocycles. The number of fused-ring (bicyclic) bond motifs is 1. The molecule has 0 amide bonds. The summed E-state index contributed by atoms with van der Waals surface area (Å²) in [5.74, 6) is 0. The van der Waals surface area contributed by atoms with Gasteiger partial charge in [-0.2, -0.15) is 16.8 Å². The van der Waals surface area contributed by atoms with E-state index in [0.29, 0.717) is 13.1 Å². The third kappa shape index (κ3) is 7.07. The molecule has 4 rings (SSSR count). The molecule has 0 radical (unpaired) electrons. The Morgan fingerprint density at radius 1 is 0.675 bits per heavy atom. The molecule has 0 unspecified atom stereocenters. The van der Waals surface area contributed by atoms with Crippen LogP contribution in [-0.2, 0) is 35.1 Å². The quantitative estimate of drug-likeness (QED) is 0.206. The van der Waals surface area contributed by atoms with Crippen LogP contribution in [0.5, 0.6) is 0 Å². The van der Waals surface area contributed by atoms with E-state index in [2.05, 4.69) is 0 Å². The zero-order valence-corrected chi connectivity index (χ0v) is 24.1. The first kappa shape index (κ1) is 29.7. The topological polar surface area (TPSA) is 117 Å². The van der Waals surface area contributed by atoms with Crippen LogP contribution >= 0.6 is 0 Å². The second-order valence-corrected chi connectivity index (χ2v) is 12.6. The normalized spacial score (nSPS) is 12.5. The number of rotatable bonds is 14. The van der Waals surface area contributed by atoms with Crippen LogP contribution in [0.1, 0.15) is 19.9 Å². The predicted molar refractivity (Wildman–Crippen MR) is 152 cm³/mol. The third-order valence-electron chi connectivity index (χ3n) is 6.38. The number of hydrogen-bond acceptors (Lipinski definition) is 8. The number of benzene rings is 3. The molecule has 0 saturated heterocycles. The van der Waals surface area contributed by atoms with Crippen LogP contribution in [0.2, 0.25) is 0 Å². The molecular formula is C28H33N3O7S2. The summed E-state index contributed by atoms with van der Waals surface area (Å²) < 4.78 is 64.1. The third-order valence-corrected chi connectivity index (χ3v) is 9.03. The van der Waals surface area contributed by atoms with Crippen molar-refractivity contribution in [3.63, 3.8) is 0 Å². The Labute approximate surface area is 234 Å². The van der Waals surface area contributed by atoms with Crippen LogP contribution in [0, 0.1) is 0 Å². The van der Waals surface area contributed by atoms with Gasteiger partial charge in [-0.15, -0.1) is 0 Å². The monoisotopic (exact) mass is 587 g/mol. The van der Waals surface area contributed by atoms with E-state index in [1.165, 1.54) is 24.3 Å². The minimum atomic E-state index is -3.96. The Kier molecular flexibility index (Phi) is 9.59. The zero-order valence-electron chi connectivity index (χ0n) is 22.4. The van der Waals surface area contributed by atoms with E-state index in [1.807, 2.05) is 43.0 Å². The Balaban J connectivity index is 1.48. The standard InChI is InChI=1S/C28H33N3O7S2/c1-23(2)31-27-16-10-9-15-26(27)30(28(31)32)18-17-29(19-21-37-39(33,34)24-11-5-3-6-12-24)20-22-38-40(35,36)25-13-7-4-8-14-25/h3-16,23H,17-22H2,1-2H3. The van der Waals surface area contributed by atoms with Crippen molar-refractivity contribution in [3.05, 3.63) is 95.4 Å². The highest BCUT2D eigenvalue weighted by molar-refractivity contribution is 7.87. The van der Waals surface area contributed by atoms with Gasteiger partial charge in [-0.25, -0.2) is 4.79 Å². The SMILES string of the molecule is CC(C)n1c(=O)n(CCN(CCOS(=O)(=O)c2ccccc2)CCOS(=O)(=O)c2ccccc2)c2ccccc21. The smallest absolute Gasteiger partial charge is 0.297 e. The summed E-state index contributed by atoms with van der Waals surface area (Å²) in [6.07, 6.45) is 0. The summed E-state index contributed by atoms with van der Waals surface area (Å²) in [4.78, 5) is 15.2. The molecule has 1 aromatic heterocycles. The van der Waals surface area contributed by atoms with Gasteiger partial charge in [0, 0.05) is 32.2 Å². The molecule has 0 aliphatic rings. The van der Waals surface area contributed by atoms with E-state index in [-0.39, 0.29) is 47.8 Å². The fourth-order valence-electron chi connectivity index (χ4n) is 4.39. The Morgan fingerprint density at radius 3 is 1.60 bits per heavy atom. The van der Waals surface area contributed by atoms with Gasteiger partial charge < -0.3 is 0 Å². The predicted octanol–water partition coefficient (Wildman–Crippen LogP) is 3.50. The van der Waals surface area contributed by atoms with E-state index >= 15 is 0 Å². The van der Waals surface area contributed by atoms with Gasteiger partial charge in [-0.05, 0) is 50.2 Å². The summed E-state index contributed by atoms with van der Waals surface area (Å²) in [5, 5.41) is 0. The van der Waals surface area contributed by atoms with Gasteiger partial charge in [0.25, 0.3) is 20.2 Å². The lowest BCUT2D eigenvalue weighted by molar-refractivity contribution is 0.176. The molecular weight excluding hydrogens is 554 g/mol. The molecule has 3 aromatic carbocycles. The van der Waals surface area contributed by atoms with Gasteiger partial charge in [0.15, 0.2) is 0 Å². The molecule has 0 saturated carbocycles. The first-order valence-corrected chi connectivity index (χ1v) is 15.7. The average Bonchev–Trinajstić information content (AvgIpc) is 3.23. The number of nitrogens with zero attached hydrogens (tertiary/aromatic N) is 3. The Bertz CT molecular complexity index is 1610. The average molecular weight is 588 g/mol. The molecule has 0 fully saturated rings. The van der Waals surface area contributed by atoms with Crippen LogP contribution in [0.25, 0.3) is 11.0 Å². The Hall–Kier alpha value is -3.29. The number of imidazole rings is 1. The maximum absolute atomic E-state index is 13.2. The van der Waals surface area contributed by atoms with Crippen molar-refractivity contribution in [1.82, 2.24) is 14.0 Å². The van der Waals surface area contributed by atoms with E-state index in [4.69, 9.17) is 8.37 Å². The lowest BCUT2D eigenvalue weighted by Crippen LogP contribution is -2.36. The molecule has 40 heavy (non-hydrogen) atoms. The summed E-state index contributed by atoms with van der Waals surface area (Å²) in [5.41, 5.74) is 1.46. The van der Waals surface area contributed by atoms with Crippen molar-refractivity contribution in [1.29, 1.82) is 0 Å². The lowest BCUT2D eigenvalue weighted by atomic mass is 10.3. The van der Waals surface area contributed by atoms with Gasteiger partial charge in [0.05, 0.1) is 34.0 Å². The summed E-state index contributed by atoms with van der Waals surface area (Å²) in [6, 6.07) is 23.1.